The molecule has 2 aromatic rings. The van der Waals surface area contributed by atoms with Gasteiger partial charge in [0.15, 0.2) is 0 Å². The quantitative estimate of drug-likeness (QED) is 0.886. The van der Waals surface area contributed by atoms with Crippen LogP contribution in [0.3, 0.4) is 0 Å². The van der Waals surface area contributed by atoms with E-state index in [1.807, 2.05) is 12.1 Å². The molecule has 1 heterocycles. The molecule has 0 radical (unpaired) electrons. The van der Waals surface area contributed by atoms with Crippen LogP contribution in [-0.4, -0.2) is 13.1 Å². The summed E-state index contributed by atoms with van der Waals surface area (Å²) >= 11 is 9.92. The van der Waals surface area contributed by atoms with Gasteiger partial charge in [-0.1, -0.05) is 57.9 Å². The number of rotatable bonds is 3. The Morgan fingerprint density at radius 1 is 1.11 bits per heavy atom. The minimum Gasteiger partial charge on any atom is -0.315 e. The number of halogens is 2. The largest absolute Gasteiger partial charge is 0.315 e. The Morgan fingerprint density at radius 2 is 1.89 bits per heavy atom. The number of benzene rings is 2. The summed E-state index contributed by atoms with van der Waals surface area (Å²) in [5, 5.41) is 4.27. The first-order valence-corrected chi connectivity index (χ1v) is 7.57. The summed E-state index contributed by atoms with van der Waals surface area (Å²) in [5.41, 5.74) is 2.74. The van der Waals surface area contributed by atoms with Crippen molar-refractivity contribution in [1.29, 1.82) is 0 Å². The van der Waals surface area contributed by atoms with Crippen LogP contribution in [0.2, 0.25) is 5.02 Å². The molecule has 3 heteroatoms. The Labute approximate surface area is 127 Å². The van der Waals surface area contributed by atoms with Crippen LogP contribution in [-0.2, 0) is 11.8 Å². The summed E-state index contributed by atoms with van der Waals surface area (Å²) in [6.45, 7) is 1.98. The molecule has 0 aromatic heterocycles. The number of hydrogen-bond donors (Lipinski definition) is 1. The smallest absolute Gasteiger partial charge is 0.0444 e. The highest BCUT2D eigenvalue weighted by Crippen LogP contribution is 2.36. The molecule has 0 bridgehead atoms. The lowest BCUT2D eigenvalue weighted by Gasteiger charge is -2.44. The van der Waals surface area contributed by atoms with Crippen molar-refractivity contribution in [3.63, 3.8) is 0 Å². The van der Waals surface area contributed by atoms with Gasteiger partial charge in [-0.15, -0.1) is 0 Å². The van der Waals surface area contributed by atoms with E-state index in [9.17, 15) is 0 Å². The predicted octanol–water partition coefficient (Wildman–Crippen LogP) is 4.19. The second-order valence-corrected chi connectivity index (χ2v) is 6.49. The second-order valence-electron chi connectivity index (χ2n) is 5.17. The van der Waals surface area contributed by atoms with E-state index < -0.39 is 0 Å². The summed E-state index contributed by atoms with van der Waals surface area (Å²) in [5.74, 6) is 0. The Balaban J connectivity index is 1.94. The van der Waals surface area contributed by atoms with Gasteiger partial charge in [-0.2, -0.15) is 0 Å². The third kappa shape index (κ3) is 2.58. The van der Waals surface area contributed by atoms with Gasteiger partial charge in [-0.05, 0) is 35.7 Å². The van der Waals surface area contributed by atoms with Crippen LogP contribution in [0.15, 0.2) is 53.0 Å². The summed E-state index contributed by atoms with van der Waals surface area (Å²) in [4.78, 5) is 0. The molecule has 0 saturated carbocycles. The molecule has 1 N–H and O–H groups in total. The second kappa shape index (κ2) is 5.28. The van der Waals surface area contributed by atoms with Crippen molar-refractivity contribution in [3.8, 4) is 0 Å². The molecule has 1 nitrogen and oxygen atoms in total. The molecule has 0 amide bonds. The number of nitrogens with one attached hydrogen (secondary N) is 1. The monoisotopic (exact) mass is 335 g/mol. The van der Waals surface area contributed by atoms with E-state index in [4.69, 9.17) is 11.6 Å². The van der Waals surface area contributed by atoms with Gasteiger partial charge in [0.1, 0.15) is 0 Å². The standard InChI is InChI=1S/C16H15BrClN/c17-13-5-3-4-12(8-13)9-16(10-19-11-16)14-6-1-2-7-15(14)18/h1-8,19H,9-11H2. The Hall–Kier alpha value is -0.830. The van der Waals surface area contributed by atoms with Crippen LogP contribution < -0.4 is 5.32 Å². The Morgan fingerprint density at radius 3 is 2.53 bits per heavy atom. The Bertz CT molecular complexity index is 593. The zero-order valence-electron chi connectivity index (χ0n) is 10.5. The van der Waals surface area contributed by atoms with Crippen molar-refractivity contribution < 1.29 is 0 Å². The number of hydrogen-bond acceptors (Lipinski definition) is 1. The van der Waals surface area contributed by atoms with Crippen LogP contribution >= 0.6 is 27.5 Å². The summed E-state index contributed by atoms with van der Waals surface area (Å²) in [6, 6.07) is 16.7. The SMILES string of the molecule is Clc1ccccc1C1(Cc2cccc(Br)c2)CNC1. The zero-order valence-corrected chi connectivity index (χ0v) is 12.8. The maximum atomic E-state index is 6.38. The first kappa shape index (κ1) is 13.2. The lowest BCUT2D eigenvalue weighted by atomic mass is 9.71. The maximum Gasteiger partial charge on any atom is 0.0444 e. The lowest BCUT2D eigenvalue weighted by Crippen LogP contribution is -2.58. The van der Waals surface area contributed by atoms with Gasteiger partial charge in [0.05, 0.1) is 0 Å². The van der Waals surface area contributed by atoms with Crippen LogP contribution in [0, 0.1) is 0 Å². The van der Waals surface area contributed by atoms with Crippen molar-refractivity contribution in [1.82, 2.24) is 5.32 Å². The minimum atomic E-state index is 0.138. The highest BCUT2D eigenvalue weighted by atomic mass is 79.9. The molecule has 98 valence electrons. The van der Waals surface area contributed by atoms with E-state index in [1.54, 1.807) is 0 Å². The molecule has 0 aliphatic carbocycles. The molecule has 1 fully saturated rings. The molecule has 2 aromatic carbocycles. The molecule has 1 aliphatic rings. The van der Waals surface area contributed by atoms with Gasteiger partial charge in [0.25, 0.3) is 0 Å². The van der Waals surface area contributed by atoms with E-state index in [-0.39, 0.29) is 5.41 Å². The highest BCUT2D eigenvalue weighted by Gasteiger charge is 2.39. The molecule has 0 atom stereocenters. The van der Waals surface area contributed by atoms with Gasteiger partial charge >= 0.3 is 0 Å². The van der Waals surface area contributed by atoms with Crippen molar-refractivity contribution >= 4 is 27.5 Å². The fourth-order valence-electron chi connectivity index (χ4n) is 2.77. The van der Waals surface area contributed by atoms with Gasteiger partial charge < -0.3 is 5.32 Å². The van der Waals surface area contributed by atoms with Crippen LogP contribution in [0.1, 0.15) is 11.1 Å². The fourth-order valence-corrected chi connectivity index (χ4v) is 3.55. The third-order valence-electron chi connectivity index (χ3n) is 3.80. The van der Waals surface area contributed by atoms with E-state index in [1.165, 1.54) is 11.1 Å². The third-order valence-corrected chi connectivity index (χ3v) is 4.63. The predicted molar refractivity (Wildman–Crippen MR) is 83.8 cm³/mol. The Kier molecular flexibility index (Phi) is 3.66. The maximum absolute atomic E-state index is 6.38. The summed E-state index contributed by atoms with van der Waals surface area (Å²) in [7, 11) is 0. The molecule has 1 saturated heterocycles. The van der Waals surface area contributed by atoms with E-state index >= 15 is 0 Å². The van der Waals surface area contributed by atoms with Crippen LogP contribution in [0.5, 0.6) is 0 Å². The van der Waals surface area contributed by atoms with E-state index in [0.29, 0.717) is 0 Å². The van der Waals surface area contributed by atoms with Gasteiger partial charge in [0.2, 0.25) is 0 Å². The fraction of sp³-hybridized carbons (Fsp3) is 0.250. The zero-order chi connectivity index (χ0) is 13.3. The minimum absolute atomic E-state index is 0.138. The first-order valence-electron chi connectivity index (χ1n) is 6.40. The molecule has 0 spiro atoms. The van der Waals surface area contributed by atoms with Crippen molar-refractivity contribution in [3.05, 3.63) is 69.2 Å². The van der Waals surface area contributed by atoms with Gasteiger partial charge in [-0.25, -0.2) is 0 Å². The molecular formula is C16H15BrClN. The normalized spacial score (nSPS) is 16.9. The topological polar surface area (TPSA) is 12.0 Å². The summed E-state index contributed by atoms with van der Waals surface area (Å²) < 4.78 is 1.13. The van der Waals surface area contributed by atoms with E-state index in [0.717, 1.165) is 29.0 Å². The van der Waals surface area contributed by atoms with E-state index in [2.05, 4.69) is 57.6 Å². The first-order chi connectivity index (χ1) is 9.20. The van der Waals surface area contributed by atoms with Crippen molar-refractivity contribution in [2.45, 2.75) is 11.8 Å². The average Bonchev–Trinajstić information content (AvgIpc) is 2.35. The van der Waals surface area contributed by atoms with Crippen LogP contribution in [0.25, 0.3) is 0 Å². The van der Waals surface area contributed by atoms with Crippen molar-refractivity contribution in [2.75, 3.05) is 13.1 Å². The molecule has 0 unspecified atom stereocenters. The highest BCUT2D eigenvalue weighted by molar-refractivity contribution is 9.10. The molecule has 19 heavy (non-hydrogen) atoms. The average molecular weight is 337 g/mol. The van der Waals surface area contributed by atoms with Crippen LogP contribution in [0.4, 0.5) is 0 Å². The van der Waals surface area contributed by atoms with Crippen molar-refractivity contribution in [2.24, 2.45) is 0 Å². The molecule has 3 rings (SSSR count). The lowest BCUT2D eigenvalue weighted by molar-refractivity contribution is 0.275. The summed E-state index contributed by atoms with van der Waals surface area (Å²) in [6.07, 6.45) is 1.02. The molecular weight excluding hydrogens is 322 g/mol. The van der Waals surface area contributed by atoms with Gasteiger partial charge in [-0.3, -0.25) is 0 Å². The molecule has 1 aliphatic heterocycles. The van der Waals surface area contributed by atoms with Gasteiger partial charge in [0, 0.05) is 28.0 Å².